The Balaban J connectivity index is 2.55. The molecule has 0 saturated carbocycles. The average molecular weight is 465 g/mol. The minimum atomic E-state index is -0.770. The molecule has 2 aromatic rings. The maximum Gasteiger partial charge on any atom is 0.125 e. The molecule has 0 aliphatic rings. The first-order chi connectivity index (χ1) is 9.43. The van der Waals surface area contributed by atoms with Gasteiger partial charge in [-0.25, -0.2) is 0 Å². The highest BCUT2D eigenvalue weighted by molar-refractivity contribution is 9.11. The first kappa shape index (κ1) is 16.0. The number of benzene rings is 2. The highest BCUT2D eigenvalue weighted by Gasteiger charge is 2.19. The summed E-state index contributed by atoms with van der Waals surface area (Å²) in [6, 6.07) is 9.52. The van der Waals surface area contributed by atoms with Gasteiger partial charge in [-0.2, -0.15) is 0 Å². The molecule has 5 heteroatoms. The monoisotopic (exact) mass is 462 g/mol. The molecule has 1 atom stereocenters. The second-order valence-corrected chi connectivity index (χ2v) is 7.04. The smallest absolute Gasteiger partial charge is 0.125 e. The lowest BCUT2D eigenvalue weighted by atomic mass is 9.99. The molecule has 2 aromatic carbocycles. The molecule has 2 rings (SSSR count). The Morgan fingerprint density at radius 1 is 1.00 bits per heavy atom. The summed E-state index contributed by atoms with van der Waals surface area (Å²) in [6.45, 7) is 1.98. The minimum absolute atomic E-state index is 0.671. The summed E-state index contributed by atoms with van der Waals surface area (Å²) < 4.78 is 8.10. The lowest BCUT2D eigenvalue weighted by Crippen LogP contribution is -2.04. The Bertz CT molecular complexity index is 641. The predicted molar refractivity (Wildman–Crippen MR) is 91.3 cm³/mol. The molecule has 0 heterocycles. The van der Waals surface area contributed by atoms with Gasteiger partial charge in [0.2, 0.25) is 0 Å². The maximum absolute atomic E-state index is 10.7. The number of halogens is 3. The fourth-order valence-corrected chi connectivity index (χ4v) is 3.16. The van der Waals surface area contributed by atoms with E-state index in [4.69, 9.17) is 4.74 Å². The summed E-state index contributed by atoms with van der Waals surface area (Å²) in [4.78, 5) is 0. The van der Waals surface area contributed by atoms with Crippen molar-refractivity contribution < 1.29 is 9.84 Å². The summed E-state index contributed by atoms with van der Waals surface area (Å²) in [5.41, 5.74) is 2.57. The van der Waals surface area contributed by atoms with E-state index in [1.807, 2.05) is 37.3 Å². The van der Waals surface area contributed by atoms with Crippen LogP contribution in [-0.2, 0) is 0 Å². The number of aliphatic hydroxyl groups is 1. The van der Waals surface area contributed by atoms with Crippen molar-refractivity contribution in [3.8, 4) is 5.75 Å². The van der Waals surface area contributed by atoms with Crippen LogP contribution >= 0.6 is 47.8 Å². The minimum Gasteiger partial charge on any atom is -0.496 e. The molecule has 0 spiro atoms. The Labute approximate surface area is 143 Å². The van der Waals surface area contributed by atoms with E-state index in [2.05, 4.69) is 47.8 Å². The van der Waals surface area contributed by atoms with Crippen molar-refractivity contribution in [2.75, 3.05) is 7.11 Å². The van der Waals surface area contributed by atoms with Gasteiger partial charge in [-0.1, -0.05) is 47.8 Å². The Hall–Kier alpha value is -0.360. The van der Waals surface area contributed by atoms with Crippen LogP contribution in [0.5, 0.6) is 5.75 Å². The molecule has 0 saturated heterocycles. The van der Waals surface area contributed by atoms with Gasteiger partial charge in [-0.3, -0.25) is 0 Å². The molecule has 1 unspecified atom stereocenters. The number of methoxy groups -OCH3 is 1. The van der Waals surface area contributed by atoms with Crippen LogP contribution < -0.4 is 4.74 Å². The van der Waals surface area contributed by atoms with Crippen LogP contribution in [-0.4, -0.2) is 12.2 Å². The molecule has 0 aliphatic heterocycles. The Morgan fingerprint density at radius 3 is 2.35 bits per heavy atom. The second-order valence-electron chi connectivity index (χ2n) is 4.41. The number of aryl methyl sites for hydroxylation is 1. The molecule has 0 amide bonds. The lowest BCUT2D eigenvalue weighted by molar-refractivity contribution is 0.214. The number of aliphatic hydroxyl groups excluding tert-OH is 1. The summed E-state index contributed by atoms with van der Waals surface area (Å²) in [6.07, 6.45) is -0.770. The average Bonchev–Trinajstić information content (AvgIpc) is 2.43. The number of hydrogen-bond acceptors (Lipinski definition) is 2. The van der Waals surface area contributed by atoms with E-state index < -0.39 is 6.10 Å². The van der Waals surface area contributed by atoms with Gasteiger partial charge in [-0.15, -0.1) is 0 Å². The SMILES string of the molecule is COc1cc(C)c(Br)cc1C(O)c1cc(Br)ccc1Br. The zero-order chi connectivity index (χ0) is 14.9. The zero-order valence-corrected chi connectivity index (χ0v) is 15.7. The normalized spacial score (nSPS) is 12.3. The van der Waals surface area contributed by atoms with Gasteiger partial charge in [0.25, 0.3) is 0 Å². The third-order valence-corrected chi connectivity index (χ3v) is 5.13. The quantitative estimate of drug-likeness (QED) is 0.661. The van der Waals surface area contributed by atoms with Gasteiger partial charge in [0.15, 0.2) is 0 Å². The predicted octanol–water partition coefficient (Wildman–Crippen LogP) is 5.37. The Kier molecular flexibility index (Phi) is 5.29. The molecule has 0 fully saturated rings. The summed E-state index contributed by atoms with van der Waals surface area (Å²) in [5, 5.41) is 10.7. The molecule has 2 nitrogen and oxygen atoms in total. The summed E-state index contributed by atoms with van der Waals surface area (Å²) in [7, 11) is 1.61. The highest BCUT2D eigenvalue weighted by atomic mass is 79.9. The third kappa shape index (κ3) is 3.27. The van der Waals surface area contributed by atoms with Crippen LogP contribution in [0.4, 0.5) is 0 Å². The van der Waals surface area contributed by atoms with Gasteiger partial charge in [0.05, 0.1) is 7.11 Å². The van der Waals surface area contributed by atoms with Crippen molar-refractivity contribution in [3.05, 3.63) is 60.4 Å². The molecular weight excluding hydrogens is 452 g/mol. The van der Waals surface area contributed by atoms with Crippen LogP contribution in [0.1, 0.15) is 22.8 Å². The molecule has 0 aliphatic carbocycles. The van der Waals surface area contributed by atoms with Crippen molar-refractivity contribution >= 4 is 47.8 Å². The van der Waals surface area contributed by atoms with Crippen LogP contribution in [0.3, 0.4) is 0 Å². The number of hydrogen-bond donors (Lipinski definition) is 1. The number of rotatable bonds is 3. The van der Waals surface area contributed by atoms with Crippen molar-refractivity contribution in [1.82, 2.24) is 0 Å². The van der Waals surface area contributed by atoms with Crippen molar-refractivity contribution in [2.45, 2.75) is 13.0 Å². The van der Waals surface area contributed by atoms with Crippen LogP contribution in [0.2, 0.25) is 0 Å². The molecule has 0 aromatic heterocycles. The van der Waals surface area contributed by atoms with Crippen molar-refractivity contribution in [2.24, 2.45) is 0 Å². The molecular formula is C15H13Br3O2. The largest absolute Gasteiger partial charge is 0.496 e. The molecule has 20 heavy (non-hydrogen) atoms. The lowest BCUT2D eigenvalue weighted by Gasteiger charge is -2.18. The fourth-order valence-electron chi connectivity index (χ4n) is 1.95. The van der Waals surface area contributed by atoms with Crippen molar-refractivity contribution in [1.29, 1.82) is 0 Å². The Morgan fingerprint density at radius 2 is 1.70 bits per heavy atom. The van der Waals surface area contributed by atoms with E-state index in [9.17, 15) is 5.11 Å². The van der Waals surface area contributed by atoms with Crippen LogP contribution in [0.25, 0.3) is 0 Å². The third-order valence-electron chi connectivity index (χ3n) is 3.06. The van der Waals surface area contributed by atoms with E-state index in [0.717, 1.165) is 30.1 Å². The zero-order valence-electron chi connectivity index (χ0n) is 11.0. The molecule has 106 valence electrons. The van der Waals surface area contributed by atoms with Gasteiger partial charge in [-0.05, 0) is 42.8 Å². The maximum atomic E-state index is 10.7. The van der Waals surface area contributed by atoms with Crippen LogP contribution in [0.15, 0.2) is 43.7 Å². The summed E-state index contributed by atoms with van der Waals surface area (Å²) >= 11 is 10.4. The number of ether oxygens (including phenoxy) is 1. The van der Waals surface area contributed by atoms with Gasteiger partial charge in [0, 0.05) is 24.5 Å². The van der Waals surface area contributed by atoms with E-state index in [0.29, 0.717) is 5.75 Å². The van der Waals surface area contributed by atoms with E-state index in [1.54, 1.807) is 7.11 Å². The topological polar surface area (TPSA) is 29.5 Å². The fraction of sp³-hybridized carbons (Fsp3) is 0.200. The van der Waals surface area contributed by atoms with Gasteiger partial charge >= 0.3 is 0 Å². The summed E-state index contributed by atoms with van der Waals surface area (Å²) in [5.74, 6) is 0.671. The van der Waals surface area contributed by atoms with Gasteiger partial charge < -0.3 is 9.84 Å². The van der Waals surface area contributed by atoms with E-state index in [-0.39, 0.29) is 0 Å². The van der Waals surface area contributed by atoms with Gasteiger partial charge in [0.1, 0.15) is 11.9 Å². The first-order valence-corrected chi connectivity index (χ1v) is 8.29. The van der Waals surface area contributed by atoms with E-state index >= 15 is 0 Å². The highest BCUT2D eigenvalue weighted by Crippen LogP contribution is 2.37. The second kappa shape index (κ2) is 6.60. The van der Waals surface area contributed by atoms with Crippen LogP contribution in [0, 0.1) is 6.92 Å². The standard InChI is InChI=1S/C15H13Br3O2/c1-8-5-14(20-2)11(7-13(8)18)15(19)10-6-9(16)3-4-12(10)17/h3-7,15,19H,1-2H3. The van der Waals surface area contributed by atoms with E-state index in [1.165, 1.54) is 0 Å². The molecule has 0 radical (unpaired) electrons. The first-order valence-electron chi connectivity index (χ1n) is 5.91. The van der Waals surface area contributed by atoms with Crippen molar-refractivity contribution in [3.63, 3.8) is 0 Å². The molecule has 0 bridgehead atoms. The molecule has 1 N–H and O–H groups in total.